The van der Waals surface area contributed by atoms with Crippen molar-refractivity contribution in [2.24, 2.45) is 0 Å². The van der Waals surface area contributed by atoms with Crippen molar-refractivity contribution in [2.45, 2.75) is 0 Å². The predicted octanol–water partition coefficient (Wildman–Crippen LogP) is 3.28. The molecule has 2 aromatic carbocycles. The molecule has 0 atom stereocenters. The summed E-state index contributed by atoms with van der Waals surface area (Å²) in [6.07, 6.45) is 2.95. The number of nitrogens with one attached hydrogen (secondary N) is 1. The average molecular weight is 421 g/mol. The summed E-state index contributed by atoms with van der Waals surface area (Å²) in [6, 6.07) is 15.1. The molecule has 9 heteroatoms. The van der Waals surface area contributed by atoms with Gasteiger partial charge in [-0.15, -0.1) is 15.3 Å². The Bertz CT molecular complexity index is 1240. The van der Waals surface area contributed by atoms with Crippen LogP contribution in [0, 0.1) is 11.6 Å². The van der Waals surface area contributed by atoms with Gasteiger partial charge in [-0.3, -0.25) is 4.79 Å². The van der Waals surface area contributed by atoms with Gasteiger partial charge in [0, 0.05) is 17.7 Å². The molecule has 0 radical (unpaired) electrons. The number of carbonyl (C=O) groups excluding carboxylic acids is 1. The van der Waals surface area contributed by atoms with Crippen LogP contribution in [0.5, 0.6) is 5.88 Å². The summed E-state index contributed by atoms with van der Waals surface area (Å²) in [6.45, 7) is 0.442. The first kappa shape index (κ1) is 20.1. The number of rotatable bonds is 7. The van der Waals surface area contributed by atoms with Gasteiger partial charge in [-0.25, -0.2) is 8.78 Å². The third-order valence-corrected chi connectivity index (χ3v) is 4.27. The number of amides is 1. The number of nitrogens with zero attached hydrogens (tertiary/aromatic N) is 4. The van der Waals surface area contributed by atoms with Gasteiger partial charge in [0.15, 0.2) is 11.5 Å². The van der Waals surface area contributed by atoms with E-state index in [0.29, 0.717) is 28.5 Å². The Labute approximate surface area is 176 Å². The minimum Gasteiger partial charge on any atom is -0.475 e. The molecule has 156 valence electrons. The highest BCUT2D eigenvalue weighted by Gasteiger charge is 2.11. The molecule has 0 saturated carbocycles. The standard InChI is InChI=1S/C22H17F2N5O2/c23-17-7-4-15(5-8-17)6-10-20(30)25-12-13-31-21-11-9-19-26-27-22(29(19)28-21)16-2-1-3-18(24)14-16/h1-11,14H,12-13H2,(H,25,30)/b10-6+. The fraction of sp³-hybridized carbons (Fsp3) is 0.0909. The predicted molar refractivity (Wildman–Crippen MR) is 110 cm³/mol. The van der Waals surface area contributed by atoms with Gasteiger partial charge in [0.05, 0.1) is 6.54 Å². The van der Waals surface area contributed by atoms with Gasteiger partial charge in [-0.05, 0) is 42.0 Å². The minimum absolute atomic E-state index is 0.187. The number of hydrogen-bond donors (Lipinski definition) is 1. The zero-order valence-electron chi connectivity index (χ0n) is 16.2. The van der Waals surface area contributed by atoms with Crippen LogP contribution < -0.4 is 10.1 Å². The highest BCUT2D eigenvalue weighted by molar-refractivity contribution is 5.91. The van der Waals surface area contributed by atoms with E-state index in [1.807, 2.05) is 0 Å². The molecule has 2 heterocycles. The molecule has 4 rings (SSSR count). The van der Waals surface area contributed by atoms with Gasteiger partial charge >= 0.3 is 0 Å². The number of hydrogen-bond acceptors (Lipinski definition) is 5. The van der Waals surface area contributed by atoms with Crippen LogP contribution in [0.1, 0.15) is 5.56 Å². The topological polar surface area (TPSA) is 81.4 Å². The smallest absolute Gasteiger partial charge is 0.244 e. The van der Waals surface area contributed by atoms with Crippen LogP contribution in [0.2, 0.25) is 0 Å². The second kappa shape index (κ2) is 9.12. The molecule has 7 nitrogen and oxygen atoms in total. The zero-order chi connectivity index (χ0) is 21.6. The number of fused-ring (bicyclic) bond motifs is 1. The Morgan fingerprint density at radius 3 is 2.68 bits per heavy atom. The molecule has 0 aliphatic rings. The first-order valence-corrected chi connectivity index (χ1v) is 9.41. The van der Waals surface area contributed by atoms with Crippen LogP contribution in [0.4, 0.5) is 8.78 Å². The van der Waals surface area contributed by atoms with E-state index in [4.69, 9.17) is 4.74 Å². The van der Waals surface area contributed by atoms with Gasteiger partial charge in [-0.1, -0.05) is 24.3 Å². The zero-order valence-corrected chi connectivity index (χ0v) is 16.2. The molecule has 0 spiro atoms. The molecule has 31 heavy (non-hydrogen) atoms. The molecule has 2 aromatic heterocycles. The number of benzene rings is 2. The lowest BCUT2D eigenvalue weighted by molar-refractivity contribution is -0.116. The molecule has 1 amide bonds. The summed E-state index contributed by atoms with van der Waals surface area (Å²) in [4.78, 5) is 11.9. The van der Waals surface area contributed by atoms with Crippen LogP contribution in [-0.2, 0) is 4.79 Å². The van der Waals surface area contributed by atoms with Crippen LogP contribution in [-0.4, -0.2) is 38.9 Å². The van der Waals surface area contributed by atoms with E-state index < -0.39 is 0 Å². The van der Waals surface area contributed by atoms with Gasteiger partial charge in [0.2, 0.25) is 11.8 Å². The number of ether oxygens (including phenoxy) is 1. The fourth-order valence-corrected chi connectivity index (χ4v) is 2.79. The Kier molecular flexibility index (Phi) is 5.93. The maximum absolute atomic E-state index is 13.5. The molecule has 0 fully saturated rings. The van der Waals surface area contributed by atoms with Crippen molar-refractivity contribution in [3.8, 4) is 17.3 Å². The second-order valence-corrected chi connectivity index (χ2v) is 6.50. The van der Waals surface area contributed by atoms with Gasteiger partial charge in [-0.2, -0.15) is 4.52 Å². The average Bonchev–Trinajstić information content (AvgIpc) is 3.20. The van der Waals surface area contributed by atoms with Crippen molar-refractivity contribution in [3.63, 3.8) is 0 Å². The molecule has 4 aromatic rings. The highest BCUT2D eigenvalue weighted by atomic mass is 19.1. The molecule has 0 bridgehead atoms. The van der Waals surface area contributed by atoms with Crippen molar-refractivity contribution in [1.82, 2.24) is 25.1 Å². The first-order chi connectivity index (χ1) is 15.1. The Morgan fingerprint density at radius 2 is 1.87 bits per heavy atom. The molecule has 1 N–H and O–H groups in total. The van der Waals surface area contributed by atoms with E-state index in [9.17, 15) is 13.6 Å². The van der Waals surface area contributed by atoms with Crippen molar-refractivity contribution in [2.75, 3.05) is 13.2 Å². The van der Waals surface area contributed by atoms with E-state index in [0.717, 1.165) is 0 Å². The van der Waals surface area contributed by atoms with Gasteiger partial charge < -0.3 is 10.1 Å². The summed E-state index contributed by atoms with van der Waals surface area (Å²) in [7, 11) is 0. The van der Waals surface area contributed by atoms with Crippen molar-refractivity contribution in [1.29, 1.82) is 0 Å². The highest BCUT2D eigenvalue weighted by Crippen LogP contribution is 2.19. The van der Waals surface area contributed by atoms with Crippen LogP contribution in [0.15, 0.2) is 66.7 Å². The SMILES string of the molecule is O=C(/C=C/c1ccc(F)cc1)NCCOc1ccc2nnc(-c3cccc(F)c3)n2n1. The lowest BCUT2D eigenvalue weighted by atomic mass is 10.2. The Hall–Kier alpha value is -4.14. The van der Waals surface area contributed by atoms with E-state index >= 15 is 0 Å². The molecule has 0 aliphatic heterocycles. The lowest BCUT2D eigenvalue weighted by Crippen LogP contribution is -2.26. The normalized spacial score (nSPS) is 11.2. The lowest BCUT2D eigenvalue weighted by Gasteiger charge is -2.06. The van der Waals surface area contributed by atoms with E-state index in [-0.39, 0.29) is 30.7 Å². The maximum Gasteiger partial charge on any atom is 0.244 e. The molecular weight excluding hydrogens is 404 g/mol. The summed E-state index contributed by atoms with van der Waals surface area (Å²) in [5.41, 5.74) is 1.75. The third kappa shape index (κ3) is 5.08. The minimum atomic E-state index is -0.383. The van der Waals surface area contributed by atoms with E-state index in [2.05, 4.69) is 20.6 Å². The first-order valence-electron chi connectivity index (χ1n) is 9.41. The van der Waals surface area contributed by atoms with Gasteiger partial charge in [0.1, 0.15) is 18.2 Å². The molecule has 0 unspecified atom stereocenters. The quantitative estimate of drug-likeness (QED) is 0.366. The van der Waals surface area contributed by atoms with Gasteiger partial charge in [0.25, 0.3) is 0 Å². The largest absolute Gasteiger partial charge is 0.475 e. The third-order valence-electron chi connectivity index (χ3n) is 4.27. The Balaban J connectivity index is 1.33. The number of carbonyl (C=O) groups is 1. The summed E-state index contributed by atoms with van der Waals surface area (Å²) < 4.78 is 33.4. The van der Waals surface area contributed by atoms with E-state index in [1.165, 1.54) is 34.9 Å². The molecule has 0 aliphatic carbocycles. The van der Waals surface area contributed by atoms with Crippen LogP contribution in [0.25, 0.3) is 23.1 Å². The fourth-order valence-electron chi connectivity index (χ4n) is 2.79. The van der Waals surface area contributed by atoms with Crippen molar-refractivity contribution >= 4 is 17.6 Å². The van der Waals surface area contributed by atoms with Crippen LogP contribution in [0.3, 0.4) is 0 Å². The van der Waals surface area contributed by atoms with Crippen molar-refractivity contribution < 1.29 is 18.3 Å². The van der Waals surface area contributed by atoms with E-state index in [1.54, 1.807) is 42.5 Å². The summed E-state index contributed by atoms with van der Waals surface area (Å²) in [5, 5.41) is 15.1. The molecular formula is C22H17F2N5O2. The second-order valence-electron chi connectivity index (χ2n) is 6.50. The van der Waals surface area contributed by atoms with Crippen molar-refractivity contribution in [3.05, 3.63) is 83.9 Å². The molecule has 0 saturated heterocycles. The Morgan fingerprint density at radius 1 is 1.03 bits per heavy atom. The number of aromatic nitrogens is 4. The summed E-state index contributed by atoms with van der Waals surface area (Å²) >= 11 is 0. The number of halogens is 2. The monoisotopic (exact) mass is 421 g/mol. The summed E-state index contributed by atoms with van der Waals surface area (Å²) in [5.74, 6) is -0.324. The maximum atomic E-state index is 13.5. The van der Waals surface area contributed by atoms with Crippen LogP contribution >= 0.6 is 0 Å².